The zero-order valence-corrected chi connectivity index (χ0v) is 20.0. The second kappa shape index (κ2) is 7.35. The van der Waals surface area contributed by atoms with Crippen molar-refractivity contribution in [3.05, 3.63) is 0 Å². The van der Waals surface area contributed by atoms with Crippen LogP contribution in [-0.2, 0) is 4.79 Å². The topological polar surface area (TPSA) is 37.3 Å². The third-order valence-corrected chi connectivity index (χ3v) is 10.9. The van der Waals surface area contributed by atoms with Gasteiger partial charge in [0, 0.05) is 11.8 Å². The summed E-state index contributed by atoms with van der Waals surface area (Å²) in [6.07, 6.45) is 11.7. The maximum atomic E-state index is 12.7. The molecule has 0 saturated heterocycles. The summed E-state index contributed by atoms with van der Waals surface area (Å²) in [6, 6.07) is 0. The number of hydrogen-bond donors (Lipinski definition) is 1. The fourth-order valence-electron chi connectivity index (χ4n) is 9.28. The van der Waals surface area contributed by atoms with E-state index in [-0.39, 0.29) is 11.5 Å². The lowest BCUT2D eigenvalue weighted by molar-refractivity contribution is -0.164. The molecule has 2 nitrogen and oxygen atoms in total. The molecule has 0 aromatic heterocycles. The first-order valence-electron chi connectivity index (χ1n) is 12.7. The Hall–Kier alpha value is -0.370. The van der Waals surface area contributed by atoms with E-state index in [1.54, 1.807) is 0 Å². The second-order valence-electron chi connectivity index (χ2n) is 12.9. The molecule has 0 bridgehead atoms. The number of rotatable bonds is 4. The molecule has 2 heteroatoms. The fraction of sp³-hybridized carbons (Fsp3) is 0.963. The maximum absolute atomic E-state index is 12.7. The van der Waals surface area contributed by atoms with Crippen molar-refractivity contribution in [2.45, 2.75) is 112 Å². The van der Waals surface area contributed by atoms with Crippen molar-refractivity contribution in [1.29, 1.82) is 0 Å². The minimum atomic E-state index is -0.146. The quantitative estimate of drug-likeness (QED) is 0.572. The van der Waals surface area contributed by atoms with Crippen LogP contribution < -0.4 is 0 Å². The molecule has 4 fully saturated rings. The van der Waals surface area contributed by atoms with Crippen molar-refractivity contribution in [1.82, 2.24) is 0 Å². The number of carbonyl (C=O) groups is 1. The van der Waals surface area contributed by atoms with Crippen molar-refractivity contribution in [3.8, 4) is 0 Å². The van der Waals surface area contributed by atoms with Gasteiger partial charge < -0.3 is 5.11 Å². The van der Waals surface area contributed by atoms with Gasteiger partial charge in [-0.15, -0.1) is 0 Å². The Morgan fingerprint density at radius 1 is 1.00 bits per heavy atom. The van der Waals surface area contributed by atoms with E-state index in [0.717, 1.165) is 37.0 Å². The predicted molar refractivity (Wildman–Crippen MR) is 119 cm³/mol. The molecule has 4 rings (SSSR count). The SMILES string of the molecule is CC(C)CCCC1C(O)CC2C3CCC4C(C)(C)C(=O)CCC4(C)C3CCC12C. The molecule has 4 saturated carbocycles. The van der Waals surface area contributed by atoms with Crippen molar-refractivity contribution in [2.75, 3.05) is 0 Å². The number of fused-ring (bicyclic) bond motifs is 5. The molecular weight excluding hydrogens is 356 g/mol. The summed E-state index contributed by atoms with van der Waals surface area (Å²) in [5.41, 5.74) is 0.510. The monoisotopic (exact) mass is 402 g/mol. The Morgan fingerprint density at radius 3 is 2.41 bits per heavy atom. The normalized spacial score (nSPS) is 48.9. The molecule has 166 valence electrons. The van der Waals surface area contributed by atoms with E-state index in [2.05, 4.69) is 41.5 Å². The van der Waals surface area contributed by atoms with Gasteiger partial charge in [0.25, 0.3) is 0 Å². The van der Waals surface area contributed by atoms with Crippen LogP contribution in [0.1, 0.15) is 106 Å². The summed E-state index contributed by atoms with van der Waals surface area (Å²) in [5.74, 6) is 4.54. The van der Waals surface area contributed by atoms with Gasteiger partial charge in [0.05, 0.1) is 6.10 Å². The van der Waals surface area contributed by atoms with Crippen LogP contribution in [0.3, 0.4) is 0 Å². The molecule has 0 amide bonds. The van der Waals surface area contributed by atoms with E-state index in [9.17, 15) is 9.90 Å². The molecule has 4 aliphatic carbocycles. The van der Waals surface area contributed by atoms with Crippen LogP contribution >= 0.6 is 0 Å². The first kappa shape index (κ1) is 21.8. The Bertz CT molecular complexity index is 636. The third-order valence-electron chi connectivity index (χ3n) is 10.9. The van der Waals surface area contributed by atoms with Gasteiger partial charge in [0.1, 0.15) is 5.78 Å². The lowest BCUT2D eigenvalue weighted by atomic mass is 9.41. The summed E-state index contributed by atoms with van der Waals surface area (Å²) in [6.45, 7) is 14.2. The smallest absolute Gasteiger partial charge is 0.138 e. The van der Waals surface area contributed by atoms with Crippen LogP contribution in [0.25, 0.3) is 0 Å². The van der Waals surface area contributed by atoms with Crippen LogP contribution in [0.4, 0.5) is 0 Å². The van der Waals surface area contributed by atoms with Crippen molar-refractivity contribution in [2.24, 2.45) is 51.8 Å². The van der Waals surface area contributed by atoms with Gasteiger partial charge in [-0.1, -0.05) is 54.4 Å². The summed E-state index contributed by atoms with van der Waals surface area (Å²) in [7, 11) is 0. The molecule has 8 unspecified atom stereocenters. The number of aliphatic hydroxyl groups excluding tert-OH is 1. The average Bonchev–Trinajstić information content (AvgIpc) is 2.89. The second-order valence-corrected chi connectivity index (χ2v) is 12.9. The number of ketones is 1. The van der Waals surface area contributed by atoms with Crippen LogP contribution in [0.15, 0.2) is 0 Å². The Labute approximate surface area is 179 Å². The molecule has 8 atom stereocenters. The van der Waals surface area contributed by atoms with E-state index >= 15 is 0 Å². The maximum Gasteiger partial charge on any atom is 0.138 e. The highest BCUT2D eigenvalue weighted by Crippen LogP contribution is 2.69. The lowest BCUT2D eigenvalue weighted by Gasteiger charge is -2.63. The van der Waals surface area contributed by atoms with Crippen LogP contribution in [0.2, 0.25) is 0 Å². The van der Waals surface area contributed by atoms with E-state index in [1.165, 1.54) is 44.9 Å². The molecule has 4 aliphatic rings. The molecule has 0 spiro atoms. The minimum absolute atomic E-state index is 0.0918. The first-order chi connectivity index (χ1) is 13.5. The standard InChI is InChI=1S/C27H46O2/c1-17(2)8-7-9-20-22(28)16-21-18-10-11-23-25(3,4)24(29)13-15-27(23,6)19(18)12-14-26(20,21)5/h17-23,28H,7-16H2,1-6H3. The van der Waals surface area contributed by atoms with Crippen molar-refractivity contribution in [3.63, 3.8) is 0 Å². The van der Waals surface area contributed by atoms with Crippen LogP contribution in [0, 0.1) is 51.8 Å². The molecule has 0 aromatic carbocycles. The Balaban J connectivity index is 1.56. The third kappa shape index (κ3) is 3.26. The van der Waals surface area contributed by atoms with Gasteiger partial charge in [0.2, 0.25) is 0 Å². The lowest BCUT2D eigenvalue weighted by Crippen LogP contribution is -2.58. The fourth-order valence-corrected chi connectivity index (χ4v) is 9.28. The summed E-state index contributed by atoms with van der Waals surface area (Å²) in [4.78, 5) is 12.7. The highest BCUT2D eigenvalue weighted by atomic mass is 16.3. The summed E-state index contributed by atoms with van der Waals surface area (Å²) < 4.78 is 0. The van der Waals surface area contributed by atoms with E-state index in [4.69, 9.17) is 0 Å². The molecule has 0 aliphatic heterocycles. The zero-order chi connectivity index (χ0) is 21.2. The van der Waals surface area contributed by atoms with Crippen molar-refractivity contribution < 1.29 is 9.90 Å². The average molecular weight is 403 g/mol. The van der Waals surface area contributed by atoms with E-state index < -0.39 is 0 Å². The molecule has 0 aromatic rings. The summed E-state index contributed by atoms with van der Waals surface area (Å²) in [5, 5.41) is 11.1. The van der Waals surface area contributed by atoms with Gasteiger partial charge in [-0.2, -0.15) is 0 Å². The Kier molecular flexibility index (Phi) is 5.54. The van der Waals surface area contributed by atoms with Gasteiger partial charge >= 0.3 is 0 Å². The molecule has 1 N–H and O–H groups in total. The van der Waals surface area contributed by atoms with Gasteiger partial charge in [0.15, 0.2) is 0 Å². The van der Waals surface area contributed by atoms with Gasteiger partial charge in [-0.05, 0) is 91.3 Å². The highest BCUT2D eigenvalue weighted by Gasteiger charge is 2.64. The largest absolute Gasteiger partial charge is 0.393 e. The molecular formula is C27H46O2. The van der Waals surface area contributed by atoms with Gasteiger partial charge in [-0.3, -0.25) is 4.79 Å². The highest BCUT2D eigenvalue weighted by molar-refractivity contribution is 5.85. The van der Waals surface area contributed by atoms with E-state index in [0.29, 0.717) is 34.4 Å². The molecule has 0 radical (unpaired) electrons. The number of hydrogen-bond acceptors (Lipinski definition) is 2. The molecule has 29 heavy (non-hydrogen) atoms. The first-order valence-corrected chi connectivity index (χ1v) is 12.7. The molecule has 0 heterocycles. The zero-order valence-electron chi connectivity index (χ0n) is 20.0. The van der Waals surface area contributed by atoms with Crippen LogP contribution in [0.5, 0.6) is 0 Å². The number of Topliss-reactive ketones (excluding diaryl/α,β-unsaturated/α-hetero) is 1. The number of aliphatic hydroxyl groups is 1. The van der Waals surface area contributed by atoms with Crippen molar-refractivity contribution >= 4 is 5.78 Å². The van der Waals surface area contributed by atoms with Gasteiger partial charge in [-0.25, -0.2) is 0 Å². The van der Waals surface area contributed by atoms with Crippen LogP contribution in [-0.4, -0.2) is 17.0 Å². The Morgan fingerprint density at radius 2 is 1.72 bits per heavy atom. The summed E-state index contributed by atoms with van der Waals surface area (Å²) >= 11 is 0. The number of carbonyl (C=O) groups excluding carboxylic acids is 1. The minimum Gasteiger partial charge on any atom is -0.393 e. The van der Waals surface area contributed by atoms with E-state index in [1.807, 2.05) is 0 Å². The predicted octanol–water partition coefficient (Wildman–Crippen LogP) is 6.65.